The van der Waals surface area contributed by atoms with Gasteiger partial charge < -0.3 is 9.64 Å². The van der Waals surface area contributed by atoms with Crippen molar-refractivity contribution in [3.63, 3.8) is 0 Å². The van der Waals surface area contributed by atoms with E-state index in [-0.39, 0.29) is 16.9 Å². The molecule has 1 aliphatic rings. The van der Waals surface area contributed by atoms with Gasteiger partial charge in [-0.2, -0.15) is 4.72 Å². The van der Waals surface area contributed by atoms with Crippen LogP contribution < -0.4 is 4.72 Å². The van der Waals surface area contributed by atoms with Crippen LogP contribution in [0.5, 0.6) is 0 Å². The third-order valence-electron chi connectivity index (χ3n) is 5.37. The van der Waals surface area contributed by atoms with E-state index in [0.717, 1.165) is 24.8 Å². The highest BCUT2D eigenvalue weighted by Gasteiger charge is 2.29. The zero-order valence-corrected chi connectivity index (χ0v) is 18.4. The normalized spacial score (nSPS) is 16.4. The zero-order chi connectivity index (χ0) is 21.6. The second-order valence-corrected chi connectivity index (χ2v) is 9.50. The number of likely N-dealkylation sites (tertiary alicyclic amines) is 1. The molecule has 0 aliphatic carbocycles. The van der Waals surface area contributed by atoms with E-state index in [4.69, 9.17) is 4.74 Å². The van der Waals surface area contributed by atoms with E-state index in [1.54, 1.807) is 36.1 Å². The Balaban J connectivity index is 1.44. The van der Waals surface area contributed by atoms with Gasteiger partial charge in [-0.05, 0) is 50.8 Å². The number of carbonyl (C=O) groups is 1. The summed E-state index contributed by atoms with van der Waals surface area (Å²) < 4.78 is 33.5. The number of nitrogens with one attached hydrogen (secondary N) is 1. The van der Waals surface area contributed by atoms with E-state index >= 15 is 0 Å². The minimum Gasteiger partial charge on any atom is -0.378 e. The number of nitrogens with zero attached hydrogens (tertiary/aromatic N) is 1. The molecule has 0 aromatic heterocycles. The molecule has 0 radical (unpaired) electrons. The number of piperidine rings is 1. The molecule has 1 aliphatic heterocycles. The van der Waals surface area contributed by atoms with Crippen LogP contribution in [0, 0.1) is 6.92 Å². The van der Waals surface area contributed by atoms with Crippen LogP contribution in [0.25, 0.3) is 0 Å². The molecule has 0 saturated carbocycles. The molecule has 0 spiro atoms. The van der Waals surface area contributed by atoms with Crippen molar-refractivity contribution < 1.29 is 17.9 Å². The van der Waals surface area contributed by atoms with Crippen LogP contribution in [0.3, 0.4) is 0 Å². The molecule has 0 bridgehead atoms. The molecular weight excluding hydrogens is 400 g/mol. The second-order valence-electron chi connectivity index (χ2n) is 7.79. The van der Waals surface area contributed by atoms with Crippen molar-refractivity contribution in [2.24, 2.45) is 0 Å². The fourth-order valence-corrected chi connectivity index (χ4v) is 4.77. The highest BCUT2D eigenvalue weighted by Crippen LogP contribution is 2.16. The van der Waals surface area contributed by atoms with Gasteiger partial charge in [0, 0.05) is 13.1 Å². The van der Waals surface area contributed by atoms with E-state index in [2.05, 4.69) is 16.9 Å². The first-order valence-electron chi connectivity index (χ1n) is 10.4. The Bertz CT molecular complexity index is 921. The summed E-state index contributed by atoms with van der Waals surface area (Å²) in [5, 5.41) is 0. The van der Waals surface area contributed by atoms with Crippen molar-refractivity contribution in [2.75, 3.05) is 19.7 Å². The summed E-state index contributed by atoms with van der Waals surface area (Å²) in [5.74, 6) is -0.201. The number of benzene rings is 2. The van der Waals surface area contributed by atoms with Crippen LogP contribution in [-0.2, 0) is 26.0 Å². The van der Waals surface area contributed by atoms with Crippen molar-refractivity contribution in [3.8, 4) is 0 Å². The summed E-state index contributed by atoms with van der Waals surface area (Å²) in [5.41, 5.74) is 2.23. The zero-order valence-electron chi connectivity index (χ0n) is 17.6. The van der Waals surface area contributed by atoms with Gasteiger partial charge in [0.1, 0.15) is 0 Å². The molecule has 6 nitrogen and oxygen atoms in total. The maximum atomic E-state index is 12.7. The van der Waals surface area contributed by atoms with Crippen molar-refractivity contribution >= 4 is 15.9 Å². The van der Waals surface area contributed by atoms with Gasteiger partial charge in [0.05, 0.1) is 23.6 Å². The molecule has 1 N–H and O–H groups in total. The van der Waals surface area contributed by atoms with Crippen LogP contribution in [0.1, 0.15) is 30.9 Å². The lowest BCUT2D eigenvalue weighted by Crippen LogP contribution is -2.50. The average Bonchev–Trinajstić information content (AvgIpc) is 2.74. The number of sulfonamides is 1. The molecule has 0 unspecified atom stereocenters. The van der Waals surface area contributed by atoms with Crippen LogP contribution in [-0.4, -0.2) is 51.1 Å². The monoisotopic (exact) mass is 430 g/mol. The van der Waals surface area contributed by atoms with Gasteiger partial charge in [-0.25, -0.2) is 8.42 Å². The SMILES string of the molecule is Cc1ccc(S(=O)(=O)N[C@@H](C)C(=O)N2CCC(OCCc3ccccc3)CC2)cc1. The number of aryl methyl sites for hydroxylation is 1. The van der Waals surface area contributed by atoms with E-state index in [0.29, 0.717) is 19.7 Å². The second kappa shape index (κ2) is 10.2. The van der Waals surface area contributed by atoms with Crippen LogP contribution >= 0.6 is 0 Å². The molecule has 2 aromatic rings. The summed E-state index contributed by atoms with van der Waals surface area (Å²) in [7, 11) is -3.73. The molecule has 1 atom stereocenters. The van der Waals surface area contributed by atoms with Gasteiger partial charge in [0.2, 0.25) is 15.9 Å². The molecule has 3 rings (SSSR count). The molecule has 2 aromatic carbocycles. The molecule has 1 saturated heterocycles. The minimum atomic E-state index is -3.73. The highest BCUT2D eigenvalue weighted by atomic mass is 32.2. The molecule has 7 heteroatoms. The Morgan fingerprint density at radius 3 is 2.37 bits per heavy atom. The topological polar surface area (TPSA) is 75.7 Å². The lowest BCUT2D eigenvalue weighted by atomic mass is 10.1. The van der Waals surface area contributed by atoms with Gasteiger partial charge in [-0.3, -0.25) is 4.79 Å². The molecule has 162 valence electrons. The standard InChI is InChI=1S/C23H30N2O4S/c1-18-8-10-22(11-9-18)30(27,28)24-19(2)23(26)25-15-12-21(13-16-25)29-17-14-20-6-4-3-5-7-20/h3-11,19,21,24H,12-17H2,1-2H3/t19-/m0/s1. The van der Waals surface area contributed by atoms with E-state index < -0.39 is 16.1 Å². The van der Waals surface area contributed by atoms with Gasteiger partial charge in [0.15, 0.2) is 0 Å². The minimum absolute atomic E-state index is 0.136. The van der Waals surface area contributed by atoms with Crippen LogP contribution in [0.2, 0.25) is 0 Å². The average molecular weight is 431 g/mol. The van der Waals surface area contributed by atoms with Crippen LogP contribution in [0.15, 0.2) is 59.5 Å². The van der Waals surface area contributed by atoms with Crippen molar-refractivity contribution in [1.82, 2.24) is 9.62 Å². The lowest BCUT2D eigenvalue weighted by Gasteiger charge is -2.33. The maximum absolute atomic E-state index is 12.7. The van der Waals surface area contributed by atoms with Crippen LogP contribution in [0.4, 0.5) is 0 Å². The predicted molar refractivity (Wildman–Crippen MR) is 117 cm³/mol. The lowest BCUT2D eigenvalue weighted by molar-refractivity contribution is -0.135. The molecular formula is C23H30N2O4S. The molecule has 1 fully saturated rings. The third kappa shape index (κ3) is 6.14. The summed E-state index contributed by atoms with van der Waals surface area (Å²) >= 11 is 0. The first kappa shape index (κ1) is 22.5. The number of hydrogen-bond donors (Lipinski definition) is 1. The third-order valence-corrected chi connectivity index (χ3v) is 6.93. The largest absolute Gasteiger partial charge is 0.378 e. The van der Waals surface area contributed by atoms with E-state index in [1.807, 2.05) is 25.1 Å². The number of rotatable bonds is 8. The van der Waals surface area contributed by atoms with Gasteiger partial charge in [0.25, 0.3) is 0 Å². The van der Waals surface area contributed by atoms with Gasteiger partial charge in [-0.15, -0.1) is 0 Å². The van der Waals surface area contributed by atoms with Gasteiger partial charge >= 0.3 is 0 Å². The van der Waals surface area contributed by atoms with Crippen molar-refractivity contribution in [3.05, 3.63) is 65.7 Å². The Hall–Kier alpha value is -2.22. The number of ether oxygens (including phenoxy) is 1. The molecule has 1 amide bonds. The fraction of sp³-hybridized carbons (Fsp3) is 0.435. The number of amides is 1. The summed E-state index contributed by atoms with van der Waals surface area (Å²) in [6.07, 6.45) is 2.53. The maximum Gasteiger partial charge on any atom is 0.241 e. The van der Waals surface area contributed by atoms with Gasteiger partial charge in [-0.1, -0.05) is 48.0 Å². The summed E-state index contributed by atoms with van der Waals surface area (Å²) in [6.45, 7) is 5.30. The van der Waals surface area contributed by atoms with Crippen molar-refractivity contribution in [1.29, 1.82) is 0 Å². The number of hydrogen-bond acceptors (Lipinski definition) is 4. The Morgan fingerprint density at radius 1 is 1.10 bits per heavy atom. The Kier molecular flexibility index (Phi) is 7.64. The molecule has 1 heterocycles. The van der Waals surface area contributed by atoms with E-state index in [1.165, 1.54) is 5.56 Å². The summed E-state index contributed by atoms with van der Waals surface area (Å²) in [6, 6.07) is 16.0. The Labute approximate surface area is 179 Å². The smallest absolute Gasteiger partial charge is 0.241 e. The fourth-order valence-electron chi connectivity index (χ4n) is 3.57. The predicted octanol–water partition coefficient (Wildman–Crippen LogP) is 2.91. The van der Waals surface area contributed by atoms with Crippen molar-refractivity contribution in [2.45, 2.75) is 50.2 Å². The molecule has 30 heavy (non-hydrogen) atoms. The highest BCUT2D eigenvalue weighted by molar-refractivity contribution is 7.89. The first-order valence-corrected chi connectivity index (χ1v) is 11.9. The number of carbonyl (C=O) groups excluding carboxylic acids is 1. The van der Waals surface area contributed by atoms with E-state index in [9.17, 15) is 13.2 Å². The quantitative estimate of drug-likeness (QED) is 0.699. The first-order chi connectivity index (χ1) is 14.3. The summed E-state index contributed by atoms with van der Waals surface area (Å²) in [4.78, 5) is 14.6. The Morgan fingerprint density at radius 2 is 1.73 bits per heavy atom.